The molecule has 11 aromatic carbocycles. The summed E-state index contributed by atoms with van der Waals surface area (Å²) in [6, 6.07) is 96.5. The van der Waals surface area contributed by atoms with Crippen molar-refractivity contribution in [2.75, 3.05) is 0 Å². The fourth-order valence-electron chi connectivity index (χ4n) is 12.2. The number of fused-ring (bicyclic) bond motifs is 12. The zero-order valence-corrected chi connectivity index (χ0v) is 42.5. The second-order valence-corrected chi connectivity index (χ2v) is 19.9. The van der Waals surface area contributed by atoms with E-state index in [1.807, 2.05) is 48.5 Å². The van der Waals surface area contributed by atoms with E-state index in [9.17, 15) is 0 Å². The van der Waals surface area contributed by atoms with Gasteiger partial charge < -0.3 is 13.7 Å². The number of para-hydroxylation sites is 6. The zero-order chi connectivity index (χ0) is 52.0. The van der Waals surface area contributed by atoms with Gasteiger partial charge in [-0.2, -0.15) is 0 Å². The molecule has 5 aromatic heterocycles. The molecule has 16 rings (SSSR count). The molecule has 370 valence electrons. The van der Waals surface area contributed by atoms with Gasteiger partial charge in [-0.05, 0) is 103 Å². The second-order valence-electron chi connectivity index (χ2n) is 19.9. The molecule has 0 spiro atoms. The lowest BCUT2D eigenvalue weighted by Gasteiger charge is -2.14. The number of aromatic nitrogens is 9. The predicted octanol–water partition coefficient (Wildman–Crippen LogP) is 16.8. The van der Waals surface area contributed by atoms with Crippen molar-refractivity contribution in [1.29, 1.82) is 0 Å². The highest BCUT2D eigenvalue weighted by Gasteiger charge is 2.29. The van der Waals surface area contributed by atoms with Crippen molar-refractivity contribution in [3.05, 3.63) is 273 Å². The van der Waals surface area contributed by atoms with Gasteiger partial charge in [0.05, 0.1) is 33.1 Å². The lowest BCUT2D eigenvalue weighted by atomic mass is 10.0. The average Bonchev–Trinajstić information content (AvgIpc) is 4.53. The fraction of sp³-hybridized carbons (Fsp3) is 0. The van der Waals surface area contributed by atoms with E-state index in [1.54, 1.807) is 0 Å². The normalized spacial score (nSPS) is 11.8. The van der Waals surface area contributed by atoms with Crippen molar-refractivity contribution in [1.82, 2.24) is 43.2 Å². The Balaban J connectivity index is 0.976. The van der Waals surface area contributed by atoms with Gasteiger partial charge in [0.1, 0.15) is 0 Å². The van der Waals surface area contributed by atoms with E-state index in [0.29, 0.717) is 0 Å². The van der Waals surface area contributed by atoms with Crippen LogP contribution in [0.2, 0.25) is 0 Å². The zero-order valence-electron chi connectivity index (χ0n) is 42.5. The topological polar surface area (TPSA) is 76.2 Å². The number of rotatable bonds is 9. The van der Waals surface area contributed by atoms with Crippen LogP contribution in [0.25, 0.3) is 139 Å². The van der Waals surface area contributed by atoms with E-state index in [2.05, 4.69) is 247 Å². The second kappa shape index (κ2) is 17.9. The van der Waals surface area contributed by atoms with Gasteiger partial charge >= 0.3 is 0 Å². The van der Waals surface area contributed by atoms with Crippen LogP contribution in [0.5, 0.6) is 0 Å². The molecule has 0 saturated carbocycles. The molecular formula is C70H45N9. The van der Waals surface area contributed by atoms with Crippen molar-refractivity contribution in [3.63, 3.8) is 0 Å². The van der Waals surface area contributed by atoms with Gasteiger partial charge in [0.25, 0.3) is 0 Å². The molecule has 0 fully saturated rings. The van der Waals surface area contributed by atoms with Gasteiger partial charge in [-0.1, -0.05) is 170 Å². The van der Waals surface area contributed by atoms with Gasteiger partial charge in [-0.25, -0.2) is 0 Å². The Morgan fingerprint density at radius 1 is 0.190 bits per heavy atom. The Morgan fingerprint density at radius 3 is 0.722 bits per heavy atom. The maximum atomic E-state index is 4.88. The molecule has 0 aliphatic heterocycles. The molecule has 0 atom stereocenters. The third-order valence-corrected chi connectivity index (χ3v) is 15.5. The van der Waals surface area contributed by atoms with Crippen LogP contribution in [-0.4, -0.2) is 43.2 Å². The molecule has 0 saturated heterocycles. The van der Waals surface area contributed by atoms with Crippen LogP contribution in [0.4, 0.5) is 0 Å². The number of nitrogens with zero attached hydrogens (tertiary/aromatic N) is 9. The van der Waals surface area contributed by atoms with Gasteiger partial charge in [0, 0.05) is 83.0 Å². The summed E-state index contributed by atoms with van der Waals surface area (Å²) >= 11 is 0. The standard InChI is InChI=1S/C70H45N9/c1-6-22-46(23-7-1)67-71-73-69(78(67)51-28-12-4-13-29-51)48-38-42-53(43-39-48)76-59-36-20-17-33-56(59)62-64-61(55-32-16-19-35-58(55)75(64)50-26-10-3-11-27-50)65-63(66(62)76)57-34-18-21-37-60(57)77(65)54-44-40-49(41-45-54)70-74-72-68(47-24-8-2-9-25-47)79(70)52-30-14-5-15-31-52/h1-45H. The Hall–Kier alpha value is -10.9. The SMILES string of the molecule is c1ccc(-c2nnc(-c3ccc(-n4c5ccccc5c5c6c(c7ccccc7n6-c6ccccc6)c6c(c7ccccc7n6-c6ccc(-c7nnc(-c8ccccc8)n7-c7ccccc7)cc6)c54)cc3)n2-c2ccccc2)cc1. The summed E-state index contributed by atoms with van der Waals surface area (Å²) < 4.78 is 11.8. The van der Waals surface area contributed by atoms with Crippen molar-refractivity contribution < 1.29 is 0 Å². The summed E-state index contributed by atoms with van der Waals surface area (Å²) in [5.74, 6) is 3.10. The van der Waals surface area contributed by atoms with Crippen LogP contribution in [0.3, 0.4) is 0 Å². The van der Waals surface area contributed by atoms with Crippen LogP contribution in [0, 0.1) is 0 Å². The van der Waals surface area contributed by atoms with E-state index >= 15 is 0 Å². The molecule has 79 heavy (non-hydrogen) atoms. The van der Waals surface area contributed by atoms with Crippen molar-refractivity contribution in [3.8, 4) is 74.0 Å². The van der Waals surface area contributed by atoms with Crippen molar-refractivity contribution >= 4 is 65.4 Å². The molecule has 16 aromatic rings. The molecule has 0 aliphatic carbocycles. The first kappa shape index (κ1) is 44.4. The summed E-state index contributed by atoms with van der Waals surface area (Å²) in [5.41, 5.74) is 15.8. The molecule has 0 amide bonds. The number of hydrogen-bond donors (Lipinski definition) is 0. The van der Waals surface area contributed by atoms with E-state index in [0.717, 1.165) is 112 Å². The van der Waals surface area contributed by atoms with Gasteiger partial charge in [0.2, 0.25) is 0 Å². The maximum absolute atomic E-state index is 4.88. The van der Waals surface area contributed by atoms with Crippen molar-refractivity contribution in [2.45, 2.75) is 0 Å². The van der Waals surface area contributed by atoms with E-state index in [-0.39, 0.29) is 0 Å². The monoisotopic (exact) mass is 1010 g/mol. The first-order chi connectivity index (χ1) is 39.3. The van der Waals surface area contributed by atoms with E-state index in [4.69, 9.17) is 20.4 Å². The summed E-state index contributed by atoms with van der Waals surface area (Å²) in [6.45, 7) is 0. The number of hydrogen-bond acceptors (Lipinski definition) is 4. The largest absolute Gasteiger partial charge is 0.308 e. The Morgan fingerprint density at radius 2 is 0.418 bits per heavy atom. The third-order valence-electron chi connectivity index (χ3n) is 15.5. The molecular weight excluding hydrogens is 967 g/mol. The predicted molar refractivity (Wildman–Crippen MR) is 321 cm³/mol. The molecule has 5 heterocycles. The Bertz CT molecular complexity index is 4760. The lowest BCUT2D eigenvalue weighted by Crippen LogP contribution is -2.01. The third kappa shape index (κ3) is 6.83. The van der Waals surface area contributed by atoms with Gasteiger partial charge in [-0.3, -0.25) is 9.13 Å². The summed E-state index contributed by atoms with van der Waals surface area (Å²) in [6.07, 6.45) is 0. The molecule has 9 nitrogen and oxygen atoms in total. The maximum Gasteiger partial charge on any atom is 0.168 e. The molecule has 0 radical (unpaired) electrons. The van der Waals surface area contributed by atoms with Gasteiger partial charge in [-0.15, -0.1) is 20.4 Å². The highest BCUT2D eigenvalue weighted by molar-refractivity contribution is 6.40. The Labute approximate surface area is 453 Å². The quantitative estimate of drug-likeness (QED) is 0.144. The molecule has 0 aliphatic rings. The Kier molecular flexibility index (Phi) is 10.0. The fourth-order valence-corrected chi connectivity index (χ4v) is 12.2. The first-order valence-corrected chi connectivity index (χ1v) is 26.6. The molecule has 9 heteroatoms. The van der Waals surface area contributed by atoms with Crippen LogP contribution in [0.1, 0.15) is 0 Å². The minimum absolute atomic E-state index is 0.765. The van der Waals surface area contributed by atoms with E-state index < -0.39 is 0 Å². The summed E-state index contributed by atoms with van der Waals surface area (Å²) in [7, 11) is 0. The van der Waals surface area contributed by atoms with Crippen LogP contribution in [0.15, 0.2) is 273 Å². The smallest absolute Gasteiger partial charge is 0.168 e. The minimum Gasteiger partial charge on any atom is -0.308 e. The first-order valence-electron chi connectivity index (χ1n) is 26.6. The van der Waals surface area contributed by atoms with Crippen molar-refractivity contribution in [2.24, 2.45) is 0 Å². The molecule has 0 N–H and O–H groups in total. The lowest BCUT2D eigenvalue weighted by molar-refractivity contribution is 1.07. The van der Waals surface area contributed by atoms with Crippen LogP contribution < -0.4 is 0 Å². The van der Waals surface area contributed by atoms with Crippen LogP contribution in [-0.2, 0) is 0 Å². The van der Waals surface area contributed by atoms with Crippen LogP contribution >= 0.6 is 0 Å². The highest BCUT2D eigenvalue weighted by Crippen LogP contribution is 2.50. The average molecular weight is 1010 g/mol. The number of benzene rings is 11. The van der Waals surface area contributed by atoms with Gasteiger partial charge in [0.15, 0.2) is 23.3 Å². The molecule has 0 unspecified atom stereocenters. The van der Waals surface area contributed by atoms with E-state index in [1.165, 1.54) is 26.9 Å². The minimum atomic E-state index is 0.765. The summed E-state index contributed by atoms with van der Waals surface area (Å²) in [5, 5.41) is 26.4. The molecule has 0 bridgehead atoms. The highest BCUT2D eigenvalue weighted by atomic mass is 15.3. The summed E-state index contributed by atoms with van der Waals surface area (Å²) in [4.78, 5) is 0.